The molecule has 4 heterocycles. The van der Waals surface area contributed by atoms with Crippen LogP contribution in [-0.2, 0) is 34.7 Å². The summed E-state index contributed by atoms with van der Waals surface area (Å²) in [7, 11) is 0. The fourth-order valence-electron chi connectivity index (χ4n) is 4.54. The molecule has 148 valence electrons. The molecule has 0 saturated heterocycles. The largest absolute Gasteiger partial charge is 0.458 e. The van der Waals surface area contributed by atoms with Gasteiger partial charge < -0.3 is 14.4 Å². The summed E-state index contributed by atoms with van der Waals surface area (Å²) in [4.78, 5) is 30.3. The van der Waals surface area contributed by atoms with E-state index < -0.39 is 11.6 Å². The molecule has 0 saturated carbocycles. The van der Waals surface area contributed by atoms with Crippen LogP contribution in [0.5, 0.6) is 0 Å². The number of hydrogen-bond donors (Lipinski definition) is 1. The van der Waals surface area contributed by atoms with Crippen molar-refractivity contribution in [3.05, 3.63) is 61.9 Å². The quantitative estimate of drug-likeness (QED) is 0.513. The number of hydrogen-bond acceptors (Lipinski definition) is 5. The molecule has 7 heteroatoms. The number of nitrogens with zero attached hydrogens (tertiary/aromatic N) is 2. The molecule has 0 spiro atoms. The molecule has 0 radical (unpaired) electrons. The predicted octanol–water partition coefficient (Wildman–Crippen LogP) is 3.30. The summed E-state index contributed by atoms with van der Waals surface area (Å²) in [5.41, 5.74) is 2.81. The van der Waals surface area contributed by atoms with Crippen LogP contribution < -0.4 is 5.56 Å². The molecular weight excluding hydrogens is 392 g/mol. The summed E-state index contributed by atoms with van der Waals surface area (Å²) < 4.78 is 6.78. The first-order valence-electron chi connectivity index (χ1n) is 9.67. The van der Waals surface area contributed by atoms with E-state index in [0.29, 0.717) is 34.1 Å². The second-order valence-corrected chi connectivity index (χ2v) is 7.97. The molecule has 6 nitrogen and oxygen atoms in total. The van der Waals surface area contributed by atoms with E-state index in [9.17, 15) is 14.7 Å². The number of fused-ring (bicyclic) bond motifs is 5. The van der Waals surface area contributed by atoms with Crippen molar-refractivity contribution in [3.63, 3.8) is 0 Å². The molecule has 0 fully saturated rings. The molecule has 29 heavy (non-hydrogen) atoms. The van der Waals surface area contributed by atoms with E-state index in [1.165, 1.54) is 0 Å². The number of ether oxygens (including phenoxy) is 1. The van der Waals surface area contributed by atoms with Crippen LogP contribution in [0.2, 0.25) is 5.02 Å². The van der Waals surface area contributed by atoms with Gasteiger partial charge in [0.15, 0.2) is 5.60 Å². The average Bonchev–Trinajstić information content (AvgIpc) is 3.08. The molecule has 2 aliphatic heterocycles. The predicted molar refractivity (Wildman–Crippen MR) is 109 cm³/mol. The van der Waals surface area contributed by atoms with Crippen LogP contribution >= 0.6 is 11.6 Å². The van der Waals surface area contributed by atoms with Crippen molar-refractivity contribution in [2.45, 2.75) is 45.4 Å². The van der Waals surface area contributed by atoms with Crippen molar-refractivity contribution in [1.82, 2.24) is 9.55 Å². The highest BCUT2D eigenvalue weighted by Gasteiger charge is 2.45. The third kappa shape index (κ3) is 2.36. The zero-order valence-electron chi connectivity index (χ0n) is 16.1. The number of pyridine rings is 2. The second kappa shape index (κ2) is 6.15. The lowest BCUT2D eigenvalue weighted by Crippen LogP contribution is -2.44. The lowest BCUT2D eigenvalue weighted by molar-refractivity contribution is -0.172. The summed E-state index contributed by atoms with van der Waals surface area (Å²) in [5, 5.41) is 12.6. The van der Waals surface area contributed by atoms with E-state index in [0.717, 1.165) is 28.5 Å². The Bertz CT molecular complexity index is 1280. The van der Waals surface area contributed by atoms with Gasteiger partial charge in [-0.2, -0.15) is 0 Å². The smallest absolute Gasteiger partial charge is 0.343 e. The second-order valence-electron chi connectivity index (χ2n) is 7.54. The summed E-state index contributed by atoms with van der Waals surface area (Å²) in [6, 6.07) is 7.31. The van der Waals surface area contributed by atoms with Crippen LogP contribution in [0.15, 0.2) is 29.1 Å². The number of halogens is 1. The average molecular weight is 411 g/mol. The Morgan fingerprint density at radius 1 is 1.24 bits per heavy atom. The van der Waals surface area contributed by atoms with Gasteiger partial charge in [-0.05, 0) is 42.7 Å². The van der Waals surface area contributed by atoms with Gasteiger partial charge in [0.05, 0.1) is 29.0 Å². The lowest BCUT2D eigenvalue weighted by Gasteiger charge is -2.31. The molecule has 1 N–H and O–H groups in total. The topological polar surface area (TPSA) is 81.4 Å². The highest BCUT2D eigenvalue weighted by Crippen LogP contribution is 2.40. The molecule has 0 unspecified atom stereocenters. The van der Waals surface area contributed by atoms with Crippen molar-refractivity contribution in [2.24, 2.45) is 0 Å². The molecule has 3 aromatic rings. The zero-order valence-corrected chi connectivity index (χ0v) is 16.8. The summed E-state index contributed by atoms with van der Waals surface area (Å²) >= 11 is 6.20. The molecular formula is C22H19ClN2O4. The van der Waals surface area contributed by atoms with Crippen LogP contribution in [0.4, 0.5) is 0 Å². The van der Waals surface area contributed by atoms with Gasteiger partial charge in [0.1, 0.15) is 6.61 Å². The number of cyclic esters (lactones) is 1. The number of rotatable bonds is 2. The number of aryl methyl sites for hydroxylation is 1. The lowest BCUT2D eigenvalue weighted by atomic mass is 9.86. The van der Waals surface area contributed by atoms with Crippen LogP contribution in [0, 0.1) is 0 Å². The molecule has 0 amide bonds. The van der Waals surface area contributed by atoms with Crippen molar-refractivity contribution in [2.75, 3.05) is 0 Å². The minimum absolute atomic E-state index is 0.123. The molecule has 0 aliphatic carbocycles. The highest BCUT2D eigenvalue weighted by molar-refractivity contribution is 6.31. The summed E-state index contributed by atoms with van der Waals surface area (Å²) in [6.45, 7) is 4.03. The Morgan fingerprint density at radius 3 is 2.76 bits per heavy atom. The number of aliphatic hydroxyl groups is 1. The van der Waals surface area contributed by atoms with Gasteiger partial charge >= 0.3 is 5.97 Å². The third-order valence-electron chi connectivity index (χ3n) is 6.12. The first-order valence-corrected chi connectivity index (χ1v) is 10.0. The number of carbonyl (C=O) groups excluding carboxylic acids is 1. The molecule has 1 atom stereocenters. The maximum Gasteiger partial charge on any atom is 0.343 e. The van der Waals surface area contributed by atoms with Crippen molar-refractivity contribution >= 4 is 28.5 Å². The number of esters is 1. The van der Waals surface area contributed by atoms with Gasteiger partial charge in [-0.15, -0.1) is 0 Å². The number of aromatic nitrogens is 2. The minimum atomic E-state index is -1.82. The monoisotopic (exact) mass is 410 g/mol. The van der Waals surface area contributed by atoms with Gasteiger partial charge in [0.25, 0.3) is 5.56 Å². The van der Waals surface area contributed by atoms with Crippen molar-refractivity contribution < 1.29 is 14.6 Å². The van der Waals surface area contributed by atoms with Gasteiger partial charge in [-0.25, -0.2) is 9.78 Å². The van der Waals surface area contributed by atoms with Gasteiger partial charge in [0, 0.05) is 21.5 Å². The minimum Gasteiger partial charge on any atom is -0.458 e. The maximum absolute atomic E-state index is 13.2. The van der Waals surface area contributed by atoms with Crippen LogP contribution in [0.1, 0.15) is 42.5 Å². The maximum atomic E-state index is 13.2. The molecule has 5 rings (SSSR count). The fraction of sp³-hybridized carbons (Fsp3) is 0.318. The van der Waals surface area contributed by atoms with Crippen LogP contribution in [0.25, 0.3) is 22.3 Å². The highest BCUT2D eigenvalue weighted by atomic mass is 35.5. The molecule has 0 bridgehead atoms. The Morgan fingerprint density at radius 2 is 2.03 bits per heavy atom. The standard InChI is InChI=1S/C22H19ClN2O4/c1-3-12-13-7-11(23)5-6-17(13)24-19-14(12)9-25-18(19)8-16-15(20(25)26)10-29-21(27)22(16,28)4-2/h5-8,28H,3-4,9-10H2,1-2H3/t22-/m0/s1. The summed E-state index contributed by atoms with van der Waals surface area (Å²) in [5.74, 6) is -0.717. The van der Waals surface area contributed by atoms with Crippen molar-refractivity contribution in [3.8, 4) is 11.4 Å². The summed E-state index contributed by atoms with van der Waals surface area (Å²) in [6.07, 6.45) is 0.892. The first-order chi connectivity index (χ1) is 13.9. The third-order valence-corrected chi connectivity index (χ3v) is 6.36. The normalized spacial score (nSPS) is 19.7. The number of carbonyl (C=O) groups is 1. The van der Waals surface area contributed by atoms with E-state index >= 15 is 0 Å². The fourth-order valence-corrected chi connectivity index (χ4v) is 4.71. The zero-order chi connectivity index (χ0) is 20.5. The molecule has 1 aromatic carbocycles. The molecule has 2 aromatic heterocycles. The van der Waals surface area contributed by atoms with Crippen molar-refractivity contribution in [1.29, 1.82) is 0 Å². The van der Waals surface area contributed by atoms with Crippen LogP contribution in [-0.4, -0.2) is 20.6 Å². The van der Waals surface area contributed by atoms with E-state index in [-0.39, 0.29) is 18.6 Å². The number of benzene rings is 1. The van der Waals surface area contributed by atoms with E-state index in [1.807, 2.05) is 12.1 Å². The van der Waals surface area contributed by atoms with Gasteiger partial charge in [0.2, 0.25) is 0 Å². The molecule has 2 aliphatic rings. The SMILES string of the molecule is CCc1c2c(nc3ccc(Cl)cc13)-c1cc3c(c(=O)n1C2)COC(=O)[C@]3(O)CC. The van der Waals surface area contributed by atoms with Crippen LogP contribution in [0.3, 0.4) is 0 Å². The Kier molecular flexibility index (Phi) is 3.89. The first kappa shape index (κ1) is 18.3. The van der Waals surface area contributed by atoms with Gasteiger partial charge in [-0.1, -0.05) is 25.4 Å². The Labute approximate surface area is 171 Å². The van der Waals surface area contributed by atoms with E-state index in [2.05, 4.69) is 6.92 Å². The van der Waals surface area contributed by atoms with E-state index in [1.54, 1.807) is 23.6 Å². The van der Waals surface area contributed by atoms with E-state index in [4.69, 9.17) is 21.3 Å². The Balaban J connectivity index is 1.84. The van der Waals surface area contributed by atoms with Gasteiger partial charge in [-0.3, -0.25) is 4.79 Å². The Hall–Kier alpha value is -2.70.